The fraction of sp³-hybridized carbons (Fsp3) is 0.462. The number of benzene rings is 1. The molecule has 0 saturated carbocycles. The summed E-state index contributed by atoms with van der Waals surface area (Å²) >= 11 is 0. The van der Waals surface area contributed by atoms with Crippen molar-refractivity contribution in [1.29, 1.82) is 0 Å². The normalized spacial score (nSPS) is 19.9. The van der Waals surface area contributed by atoms with E-state index in [9.17, 15) is 4.79 Å². The zero-order valence-corrected chi connectivity index (χ0v) is 9.94. The van der Waals surface area contributed by atoms with Crippen LogP contribution in [0.4, 0.5) is 5.69 Å². The van der Waals surface area contributed by atoms with Crippen LogP contribution in [0.1, 0.15) is 29.6 Å². The van der Waals surface area contributed by atoms with Crippen molar-refractivity contribution in [1.82, 2.24) is 0 Å². The van der Waals surface area contributed by atoms with Crippen LogP contribution in [-0.2, 0) is 4.74 Å². The smallest absolute Gasteiger partial charge is 0.193 e. The highest BCUT2D eigenvalue weighted by molar-refractivity contribution is 6.04. The molecule has 92 valence electrons. The number of methoxy groups -OCH3 is 1. The van der Waals surface area contributed by atoms with Gasteiger partial charge in [-0.25, -0.2) is 0 Å². The molecule has 1 heterocycles. The van der Waals surface area contributed by atoms with Crippen LogP contribution in [0, 0.1) is 0 Å². The standard InChI is InChI=1S/C13H17NO3/c1-16-9-5-6-11(14)10(8-9)13(15)12-4-2-3-7-17-12/h5-6,8,12H,2-4,7,14H2,1H3. The first-order valence-electron chi connectivity index (χ1n) is 5.81. The van der Waals surface area contributed by atoms with Gasteiger partial charge in [0.2, 0.25) is 0 Å². The lowest BCUT2D eigenvalue weighted by molar-refractivity contribution is 0.0187. The molecule has 1 aromatic rings. The predicted octanol–water partition coefficient (Wildman–Crippen LogP) is 2.03. The number of nitrogen functional groups attached to an aromatic ring is 1. The van der Waals surface area contributed by atoms with Gasteiger partial charge in [-0.1, -0.05) is 0 Å². The van der Waals surface area contributed by atoms with E-state index in [1.54, 1.807) is 25.3 Å². The molecule has 0 aliphatic carbocycles. The Morgan fingerprint density at radius 1 is 1.47 bits per heavy atom. The molecule has 1 fully saturated rings. The number of rotatable bonds is 3. The molecule has 1 unspecified atom stereocenters. The Hall–Kier alpha value is -1.55. The minimum absolute atomic E-state index is 0.0406. The van der Waals surface area contributed by atoms with Crippen LogP contribution in [0.5, 0.6) is 5.75 Å². The molecule has 1 aliphatic heterocycles. The van der Waals surface area contributed by atoms with Gasteiger partial charge in [-0.15, -0.1) is 0 Å². The van der Waals surface area contributed by atoms with Crippen molar-refractivity contribution in [3.8, 4) is 5.75 Å². The number of nitrogens with two attached hydrogens (primary N) is 1. The Morgan fingerprint density at radius 2 is 2.29 bits per heavy atom. The van der Waals surface area contributed by atoms with E-state index in [1.807, 2.05) is 0 Å². The van der Waals surface area contributed by atoms with Gasteiger partial charge in [-0.2, -0.15) is 0 Å². The van der Waals surface area contributed by atoms with E-state index in [-0.39, 0.29) is 11.9 Å². The van der Waals surface area contributed by atoms with Gasteiger partial charge in [-0.3, -0.25) is 4.79 Å². The van der Waals surface area contributed by atoms with Crippen LogP contribution < -0.4 is 10.5 Å². The molecular weight excluding hydrogens is 218 g/mol. The zero-order valence-electron chi connectivity index (χ0n) is 9.94. The van der Waals surface area contributed by atoms with Crippen molar-refractivity contribution < 1.29 is 14.3 Å². The van der Waals surface area contributed by atoms with Gasteiger partial charge in [0.05, 0.1) is 7.11 Å². The minimum atomic E-state index is -0.349. The van der Waals surface area contributed by atoms with Gasteiger partial charge in [0.1, 0.15) is 11.9 Å². The topological polar surface area (TPSA) is 61.5 Å². The van der Waals surface area contributed by atoms with E-state index in [4.69, 9.17) is 15.2 Å². The first kappa shape index (κ1) is 11.9. The predicted molar refractivity (Wildman–Crippen MR) is 65.3 cm³/mol. The summed E-state index contributed by atoms with van der Waals surface area (Å²) in [6.07, 6.45) is 2.48. The fourth-order valence-electron chi connectivity index (χ4n) is 2.00. The van der Waals surface area contributed by atoms with Crippen LogP contribution in [0.3, 0.4) is 0 Å². The van der Waals surface area contributed by atoms with Crippen molar-refractivity contribution in [2.24, 2.45) is 0 Å². The molecule has 0 radical (unpaired) electrons. The molecule has 0 aromatic heterocycles. The summed E-state index contributed by atoms with van der Waals surface area (Å²) in [5, 5.41) is 0. The summed E-state index contributed by atoms with van der Waals surface area (Å²) < 4.78 is 10.6. The summed E-state index contributed by atoms with van der Waals surface area (Å²) in [6, 6.07) is 5.11. The molecular formula is C13H17NO3. The Labute approximate surface area is 101 Å². The van der Waals surface area contributed by atoms with E-state index >= 15 is 0 Å². The van der Waals surface area contributed by atoms with Gasteiger partial charge < -0.3 is 15.2 Å². The number of ketones is 1. The van der Waals surface area contributed by atoms with E-state index in [0.29, 0.717) is 23.6 Å². The lowest BCUT2D eigenvalue weighted by Gasteiger charge is -2.22. The molecule has 1 saturated heterocycles. The van der Waals surface area contributed by atoms with Gasteiger partial charge in [0, 0.05) is 17.9 Å². The van der Waals surface area contributed by atoms with Crippen LogP contribution in [-0.4, -0.2) is 25.6 Å². The number of carbonyl (C=O) groups is 1. The highest BCUT2D eigenvalue weighted by atomic mass is 16.5. The molecule has 4 heteroatoms. The van der Waals surface area contributed by atoms with Crippen LogP contribution in [0.25, 0.3) is 0 Å². The van der Waals surface area contributed by atoms with Crippen molar-refractivity contribution in [2.75, 3.05) is 19.5 Å². The number of anilines is 1. The number of Topliss-reactive ketones (excluding diaryl/α,β-unsaturated/α-hetero) is 1. The second-order valence-corrected chi connectivity index (χ2v) is 4.17. The molecule has 1 aromatic carbocycles. The molecule has 4 nitrogen and oxygen atoms in total. The van der Waals surface area contributed by atoms with Crippen LogP contribution in [0.15, 0.2) is 18.2 Å². The van der Waals surface area contributed by atoms with E-state index in [0.717, 1.165) is 19.3 Å². The van der Waals surface area contributed by atoms with Crippen LogP contribution in [0.2, 0.25) is 0 Å². The first-order chi connectivity index (χ1) is 8.22. The third-order valence-electron chi connectivity index (χ3n) is 3.00. The summed E-state index contributed by atoms with van der Waals surface area (Å²) in [4.78, 5) is 12.2. The average Bonchev–Trinajstić information content (AvgIpc) is 2.39. The third-order valence-corrected chi connectivity index (χ3v) is 3.00. The lowest BCUT2D eigenvalue weighted by Crippen LogP contribution is -2.28. The van der Waals surface area contributed by atoms with Crippen molar-refractivity contribution >= 4 is 11.5 Å². The van der Waals surface area contributed by atoms with Gasteiger partial charge in [0.15, 0.2) is 5.78 Å². The van der Waals surface area contributed by atoms with Gasteiger partial charge in [-0.05, 0) is 37.5 Å². The molecule has 17 heavy (non-hydrogen) atoms. The maximum Gasteiger partial charge on any atom is 0.193 e. The third kappa shape index (κ3) is 2.58. The van der Waals surface area contributed by atoms with Crippen molar-refractivity contribution in [3.63, 3.8) is 0 Å². The molecule has 1 atom stereocenters. The summed E-state index contributed by atoms with van der Waals surface area (Å²) in [7, 11) is 1.57. The van der Waals surface area contributed by atoms with E-state index in [1.165, 1.54) is 0 Å². The molecule has 2 N–H and O–H groups in total. The Balaban J connectivity index is 2.22. The largest absolute Gasteiger partial charge is 0.497 e. The minimum Gasteiger partial charge on any atom is -0.497 e. The number of hydrogen-bond donors (Lipinski definition) is 1. The maximum atomic E-state index is 12.2. The molecule has 0 spiro atoms. The highest BCUT2D eigenvalue weighted by Gasteiger charge is 2.24. The number of carbonyl (C=O) groups excluding carboxylic acids is 1. The summed E-state index contributed by atoms with van der Waals surface area (Å²) in [6.45, 7) is 0.653. The Kier molecular flexibility index (Phi) is 3.64. The maximum absolute atomic E-state index is 12.2. The van der Waals surface area contributed by atoms with Crippen molar-refractivity contribution in [3.05, 3.63) is 23.8 Å². The SMILES string of the molecule is COc1ccc(N)c(C(=O)C2CCCCO2)c1. The average molecular weight is 235 g/mol. The monoisotopic (exact) mass is 235 g/mol. The first-order valence-corrected chi connectivity index (χ1v) is 5.81. The molecule has 0 amide bonds. The Morgan fingerprint density at radius 3 is 2.94 bits per heavy atom. The summed E-state index contributed by atoms with van der Waals surface area (Å²) in [5.74, 6) is 0.597. The molecule has 1 aliphatic rings. The van der Waals surface area contributed by atoms with E-state index < -0.39 is 0 Å². The van der Waals surface area contributed by atoms with Gasteiger partial charge in [0.25, 0.3) is 0 Å². The van der Waals surface area contributed by atoms with E-state index in [2.05, 4.69) is 0 Å². The second-order valence-electron chi connectivity index (χ2n) is 4.17. The van der Waals surface area contributed by atoms with Crippen molar-refractivity contribution in [2.45, 2.75) is 25.4 Å². The fourth-order valence-corrected chi connectivity index (χ4v) is 2.00. The summed E-state index contributed by atoms with van der Waals surface area (Å²) in [5.41, 5.74) is 6.79. The highest BCUT2D eigenvalue weighted by Crippen LogP contribution is 2.24. The molecule has 2 rings (SSSR count). The number of ether oxygens (including phenoxy) is 2. The molecule has 0 bridgehead atoms. The zero-order chi connectivity index (χ0) is 12.3. The quantitative estimate of drug-likeness (QED) is 0.643. The van der Waals surface area contributed by atoms with Gasteiger partial charge >= 0.3 is 0 Å². The Bertz CT molecular complexity index is 411. The van der Waals surface area contributed by atoms with Crippen LogP contribution >= 0.6 is 0 Å². The lowest BCUT2D eigenvalue weighted by atomic mass is 9.98. The number of hydrogen-bond acceptors (Lipinski definition) is 4. The second kappa shape index (κ2) is 5.19.